The summed E-state index contributed by atoms with van der Waals surface area (Å²) in [5.41, 5.74) is 2.30. The van der Waals surface area contributed by atoms with E-state index in [1.807, 2.05) is 24.6 Å². The average molecular weight is 277 g/mol. The molecule has 0 bridgehead atoms. The van der Waals surface area contributed by atoms with Gasteiger partial charge in [-0.15, -0.1) is 0 Å². The number of aliphatic hydroxyl groups is 1. The van der Waals surface area contributed by atoms with E-state index in [1.54, 1.807) is 0 Å². The molecule has 1 aromatic heterocycles. The highest BCUT2D eigenvalue weighted by Gasteiger charge is 2.24. The molecule has 0 aromatic carbocycles. The highest BCUT2D eigenvalue weighted by atomic mass is 16.3. The summed E-state index contributed by atoms with van der Waals surface area (Å²) in [6.07, 6.45) is 3.62. The maximum absolute atomic E-state index is 10.5. The van der Waals surface area contributed by atoms with Gasteiger partial charge in [0.2, 0.25) is 0 Å². The summed E-state index contributed by atoms with van der Waals surface area (Å²) < 4.78 is 1.90. The van der Waals surface area contributed by atoms with Gasteiger partial charge >= 0.3 is 0 Å². The van der Waals surface area contributed by atoms with Crippen molar-refractivity contribution < 1.29 is 5.11 Å². The fourth-order valence-corrected chi connectivity index (χ4v) is 2.71. The molecule has 0 saturated heterocycles. The minimum Gasteiger partial charge on any atom is -0.389 e. The Balaban J connectivity index is 2.61. The third-order valence-corrected chi connectivity index (χ3v) is 3.95. The number of rotatable bonds is 8. The third kappa shape index (κ3) is 4.09. The van der Waals surface area contributed by atoms with E-state index in [9.17, 15) is 5.11 Å². The van der Waals surface area contributed by atoms with Crippen molar-refractivity contribution >= 4 is 0 Å². The van der Waals surface area contributed by atoms with Crippen LogP contribution in [0.4, 0.5) is 0 Å². The van der Waals surface area contributed by atoms with E-state index < -0.39 is 5.60 Å². The lowest BCUT2D eigenvalue weighted by Crippen LogP contribution is -2.40. The Kier molecular flexibility index (Phi) is 6.25. The molecule has 0 saturated carbocycles. The molecule has 0 atom stereocenters. The van der Waals surface area contributed by atoms with Crippen LogP contribution in [0.2, 0.25) is 0 Å². The molecule has 0 fully saturated rings. The van der Waals surface area contributed by atoms with E-state index in [-0.39, 0.29) is 0 Å². The summed E-state index contributed by atoms with van der Waals surface area (Å²) in [7, 11) is 1.90. The van der Waals surface area contributed by atoms with Gasteiger partial charge in [-0.05, 0) is 31.4 Å². The molecule has 1 rings (SSSR count). The molecule has 4 nitrogen and oxygen atoms in total. The molecular formula is C16H27N3O. The zero-order chi connectivity index (χ0) is 15.2. The molecule has 2 N–H and O–H groups in total. The Morgan fingerprint density at radius 2 is 1.95 bits per heavy atom. The molecule has 0 aliphatic carbocycles. The Morgan fingerprint density at radius 3 is 2.40 bits per heavy atom. The van der Waals surface area contributed by atoms with Gasteiger partial charge in [-0.1, -0.05) is 26.7 Å². The molecule has 1 heterocycles. The number of nitrogens with one attached hydrogen (secondary N) is 1. The Labute approximate surface area is 122 Å². The van der Waals surface area contributed by atoms with Crippen LogP contribution in [0, 0.1) is 18.3 Å². The van der Waals surface area contributed by atoms with Crippen LogP contribution in [0.25, 0.3) is 0 Å². The van der Waals surface area contributed by atoms with Crippen molar-refractivity contribution in [3.05, 3.63) is 23.0 Å². The van der Waals surface area contributed by atoms with Gasteiger partial charge in [0.05, 0.1) is 5.60 Å². The van der Waals surface area contributed by atoms with Gasteiger partial charge in [0, 0.05) is 25.8 Å². The quantitative estimate of drug-likeness (QED) is 0.768. The van der Waals surface area contributed by atoms with Gasteiger partial charge in [0.1, 0.15) is 11.8 Å². The van der Waals surface area contributed by atoms with Gasteiger partial charge in [-0.25, -0.2) is 0 Å². The summed E-state index contributed by atoms with van der Waals surface area (Å²) >= 11 is 0. The van der Waals surface area contributed by atoms with Crippen LogP contribution in [0.15, 0.2) is 6.07 Å². The summed E-state index contributed by atoms with van der Waals surface area (Å²) in [6, 6.07) is 4.11. The Hall–Kier alpha value is -1.31. The lowest BCUT2D eigenvalue weighted by atomic mass is 9.92. The second-order valence-corrected chi connectivity index (χ2v) is 5.64. The van der Waals surface area contributed by atoms with Gasteiger partial charge in [-0.3, -0.25) is 0 Å². The second kappa shape index (κ2) is 7.47. The van der Waals surface area contributed by atoms with Gasteiger partial charge in [0.25, 0.3) is 0 Å². The topological polar surface area (TPSA) is 61.0 Å². The number of nitriles is 1. The molecule has 20 heavy (non-hydrogen) atoms. The predicted octanol–water partition coefficient (Wildman–Crippen LogP) is 2.63. The normalized spacial score (nSPS) is 11.6. The molecule has 0 radical (unpaired) electrons. The molecule has 0 amide bonds. The van der Waals surface area contributed by atoms with Crippen molar-refractivity contribution in [2.24, 2.45) is 7.05 Å². The van der Waals surface area contributed by atoms with Crippen molar-refractivity contribution in [2.45, 2.75) is 58.6 Å². The highest BCUT2D eigenvalue weighted by molar-refractivity contribution is 5.34. The summed E-state index contributed by atoms with van der Waals surface area (Å²) in [4.78, 5) is 0. The molecule has 4 heteroatoms. The first kappa shape index (κ1) is 16.7. The number of hydrogen-bond acceptors (Lipinski definition) is 3. The Bertz CT molecular complexity index is 465. The Morgan fingerprint density at radius 1 is 1.35 bits per heavy atom. The maximum atomic E-state index is 10.5. The molecule has 0 aliphatic rings. The molecule has 0 unspecified atom stereocenters. The van der Waals surface area contributed by atoms with Crippen molar-refractivity contribution in [3.8, 4) is 6.07 Å². The van der Waals surface area contributed by atoms with Crippen LogP contribution in [-0.2, 0) is 13.6 Å². The lowest BCUT2D eigenvalue weighted by molar-refractivity contribution is 0.0215. The summed E-state index contributed by atoms with van der Waals surface area (Å²) in [5, 5.41) is 22.9. The van der Waals surface area contributed by atoms with Crippen LogP contribution in [-0.4, -0.2) is 21.8 Å². The second-order valence-electron chi connectivity index (χ2n) is 5.64. The summed E-state index contributed by atoms with van der Waals surface area (Å²) in [5.74, 6) is 0. The van der Waals surface area contributed by atoms with Crippen LogP contribution in [0.5, 0.6) is 0 Å². The molecule has 0 aliphatic heterocycles. The fraction of sp³-hybridized carbons (Fsp3) is 0.688. The van der Waals surface area contributed by atoms with E-state index in [1.165, 1.54) is 0 Å². The minimum atomic E-state index is -0.607. The summed E-state index contributed by atoms with van der Waals surface area (Å²) in [6.45, 7) is 7.51. The minimum absolute atomic E-state index is 0.602. The van der Waals surface area contributed by atoms with E-state index in [0.29, 0.717) is 18.8 Å². The largest absolute Gasteiger partial charge is 0.389 e. The lowest BCUT2D eigenvalue weighted by Gasteiger charge is -2.28. The highest BCUT2D eigenvalue weighted by Crippen LogP contribution is 2.19. The predicted molar refractivity (Wildman–Crippen MR) is 81.3 cm³/mol. The third-order valence-electron chi connectivity index (χ3n) is 3.95. The first-order chi connectivity index (χ1) is 9.47. The number of hydrogen-bond donors (Lipinski definition) is 2. The molecule has 1 aromatic rings. The average Bonchev–Trinajstić information content (AvgIpc) is 2.67. The first-order valence-electron chi connectivity index (χ1n) is 7.45. The monoisotopic (exact) mass is 277 g/mol. The zero-order valence-electron chi connectivity index (χ0n) is 13.2. The van der Waals surface area contributed by atoms with Crippen LogP contribution in [0.3, 0.4) is 0 Å². The van der Waals surface area contributed by atoms with Crippen molar-refractivity contribution in [2.75, 3.05) is 6.54 Å². The van der Waals surface area contributed by atoms with E-state index >= 15 is 0 Å². The van der Waals surface area contributed by atoms with E-state index in [4.69, 9.17) is 5.26 Å². The van der Waals surface area contributed by atoms with Gasteiger partial charge in [0.15, 0.2) is 0 Å². The van der Waals surface area contributed by atoms with Crippen LogP contribution >= 0.6 is 0 Å². The molecule has 112 valence electrons. The van der Waals surface area contributed by atoms with Crippen molar-refractivity contribution in [1.29, 1.82) is 5.26 Å². The van der Waals surface area contributed by atoms with Crippen LogP contribution in [0.1, 0.15) is 56.5 Å². The van der Waals surface area contributed by atoms with Gasteiger partial charge in [-0.2, -0.15) is 5.26 Å². The van der Waals surface area contributed by atoms with Crippen molar-refractivity contribution in [3.63, 3.8) is 0 Å². The van der Waals surface area contributed by atoms with E-state index in [2.05, 4.69) is 25.2 Å². The number of nitrogens with zero attached hydrogens (tertiary/aromatic N) is 2. The molecule has 0 spiro atoms. The maximum Gasteiger partial charge on any atom is 0.120 e. The SMILES string of the molecule is CCCC(O)(CCC)CNCc1cc(C#N)n(C)c1C. The smallest absolute Gasteiger partial charge is 0.120 e. The van der Waals surface area contributed by atoms with Crippen molar-refractivity contribution in [1.82, 2.24) is 9.88 Å². The first-order valence-corrected chi connectivity index (χ1v) is 7.45. The standard InChI is InChI=1S/C16H27N3O/c1-5-7-16(20,8-6-2)12-18-11-14-9-15(10-17)19(4)13(14)3/h9,18,20H,5-8,11-12H2,1-4H3. The number of aromatic nitrogens is 1. The van der Waals surface area contributed by atoms with E-state index in [0.717, 1.165) is 36.9 Å². The fourth-order valence-electron chi connectivity index (χ4n) is 2.71. The van der Waals surface area contributed by atoms with Gasteiger partial charge < -0.3 is 15.0 Å². The van der Waals surface area contributed by atoms with Crippen LogP contribution < -0.4 is 5.32 Å². The zero-order valence-corrected chi connectivity index (χ0v) is 13.2. The molecular weight excluding hydrogens is 250 g/mol.